The quantitative estimate of drug-likeness (QED) is 0.186. The van der Waals surface area contributed by atoms with Gasteiger partial charge in [0.1, 0.15) is 12.0 Å². The first-order chi connectivity index (χ1) is 22.0. The number of aliphatic hydroxyl groups excluding tert-OH is 1. The number of dihydropyridines is 1. The molecule has 46 heavy (non-hydrogen) atoms. The number of allylic oxidation sites excluding steroid dienone is 2. The lowest BCUT2D eigenvalue weighted by Gasteiger charge is -2.36. The van der Waals surface area contributed by atoms with Crippen LogP contribution in [0.2, 0.25) is 0 Å². The van der Waals surface area contributed by atoms with Gasteiger partial charge in [-0.3, -0.25) is 14.9 Å². The predicted molar refractivity (Wildman–Crippen MR) is 168 cm³/mol. The van der Waals surface area contributed by atoms with Crippen LogP contribution in [0.5, 0.6) is 0 Å². The maximum Gasteiger partial charge on any atom is 0.336 e. The summed E-state index contributed by atoms with van der Waals surface area (Å²) in [4.78, 5) is 50.4. The minimum absolute atomic E-state index is 0.00367. The Bertz CT molecular complexity index is 1470. The number of carbonyl (C=O) groups is 3. The number of nitro groups is 1. The van der Waals surface area contributed by atoms with Gasteiger partial charge in [0.15, 0.2) is 0 Å². The largest absolute Gasteiger partial charge is 0.466 e. The Kier molecular flexibility index (Phi) is 11.3. The smallest absolute Gasteiger partial charge is 0.336 e. The molecule has 2 bridgehead atoms. The highest BCUT2D eigenvalue weighted by molar-refractivity contribution is 6.00. The first-order valence-electron chi connectivity index (χ1n) is 15.2. The molecule has 0 aromatic heterocycles. The van der Waals surface area contributed by atoms with Gasteiger partial charge in [0, 0.05) is 35.1 Å². The molecule has 2 aromatic rings. The van der Waals surface area contributed by atoms with E-state index in [9.17, 15) is 29.6 Å². The molecular weight excluding hydrogens is 594 g/mol. The van der Waals surface area contributed by atoms with Crippen molar-refractivity contribution in [3.8, 4) is 0 Å². The minimum Gasteiger partial charge on any atom is -0.466 e. The summed E-state index contributed by atoms with van der Waals surface area (Å²) in [7, 11) is 4.59. The Balaban J connectivity index is 0.000000211. The maximum absolute atomic E-state index is 12.4. The molecule has 0 aliphatic carbocycles. The molecule has 0 spiro atoms. The standard InChI is InChI=1S/C17H18N2O6.C17H23NO3/c1-9-13(16(20)24-3)15(14(10(2)18-9)17(21)25-4)11-7-5-6-8-12(11)19(22)23;1-18-13-7-8-14(18)10-15(9-13)21-17(20)16(11-19)12-5-3-2-4-6-12/h5-8,15,18H,1-4H3;2-6,13-16,19H,7-11H2,1H3/t;13-,14+,15?,16-/m.1/s1. The number of ether oxygens (including phenoxy) is 3. The van der Waals surface area contributed by atoms with E-state index in [1.807, 2.05) is 30.3 Å². The maximum atomic E-state index is 12.4. The average molecular weight is 636 g/mol. The lowest BCUT2D eigenvalue weighted by Crippen LogP contribution is -2.43. The minimum atomic E-state index is -0.970. The molecular formula is C34H41N3O9. The van der Waals surface area contributed by atoms with Gasteiger partial charge >= 0.3 is 17.9 Å². The van der Waals surface area contributed by atoms with Crippen molar-refractivity contribution in [2.45, 2.75) is 69.6 Å². The third-order valence-electron chi connectivity index (χ3n) is 9.02. The van der Waals surface area contributed by atoms with Crippen LogP contribution in [0, 0.1) is 10.1 Å². The van der Waals surface area contributed by atoms with Crippen LogP contribution in [-0.4, -0.2) is 78.9 Å². The number of fused-ring (bicyclic) bond motifs is 2. The molecule has 2 N–H and O–H groups in total. The molecule has 246 valence electrons. The number of hydrogen-bond acceptors (Lipinski definition) is 11. The van der Waals surface area contributed by atoms with Gasteiger partial charge in [0.25, 0.3) is 5.69 Å². The van der Waals surface area contributed by atoms with Crippen LogP contribution >= 0.6 is 0 Å². The zero-order valence-corrected chi connectivity index (χ0v) is 26.7. The number of nitrogens with zero attached hydrogens (tertiary/aromatic N) is 2. The van der Waals surface area contributed by atoms with Gasteiger partial charge in [0.2, 0.25) is 0 Å². The van der Waals surface area contributed by atoms with Gasteiger partial charge < -0.3 is 29.5 Å². The fourth-order valence-corrected chi connectivity index (χ4v) is 6.67. The topological polar surface area (TPSA) is 158 Å². The molecule has 2 aromatic carbocycles. The van der Waals surface area contributed by atoms with Crippen molar-refractivity contribution in [3.05, 3.63) is 98.4 Å². The molecule has 2 saturated heterocycles. The van der Waals surface area contributed by atoms with Crippen molar-refractivity contribution in [1.29, 1.82) is 0 Å². The molecule has 4 atom stereocenters. The molecule has 5 rings (SSSR count). The van der Waals surface area contributed by atoms with Crippen LogP contribution in [0.15, 0.2) is 77.1 Å². The Morgan fingerprint density at radius 1 is 0.935 bits per heavy atom. The first-order valence-corrected chi connectivity index (χ1v) is 15.2. The van der Waals surface area contributed by atoms with E-state index in [0.29, 0.717) is 23.5 Å². The van der Waals surface area contributed by atoms with E-state index in [0.717, 1.165) is 18.4 Å². The van der Waals surface area contributed by atoms with Crippen LogP contribution in [0.3, 0.4) is 0 Å². The zero-order chi connectivity index (χ0) is 33.5. The van der Waals surface area contributed by atoms with E-state index >= 15 is 0 Å². The zero-order valence-electron chi connectivity index (χ0n) is 26.7. The van der Waals surface area contributed by atoms with Crippen LogP contribution in [0.25, 0.3) is 0 Å². The number of benzene rings is 2. The van der Waals surface area contributed by atoms with Crippen molar-refractivity contribution in [2.75, 3.05) is 27.9 Å². The molecule has 1 unspecified atom stereocenters. The Morgan fingerprint density at radius 2 is 1.46 bits per heavy atom. The van der Waals surface area contributed by atoms with Gasteiger partial charge in [-0.1, -0.05) is 48.5 Å². The number of hydrogen-bond donors (Lipinski definition) is 2. The van der Waals surface area contributed by atoms with E-state index in [2.05, 4.69) is 17.3 Å². The molecule has 0 amide bonds. The third kappa shape index (κ3) is 7.29. The van der Waals surface area contributed by atoms with E-state index in [-0.39, 0.29) is 41.1 Å². The van der Waals surface area contributed by atoms with Crippen molar-refractivity contribution >= 4 is 23.6 Å². The Hall–Kier alpha value is -4.55. The Morgan fingerprint density at radius 3 is 1.96 bits per heavy atom. The number of para-hydroxylation sites is 1. The highest BCUT2D eigenvalue weighted by Crippen LogP contribution is 2.42. The molecule has 2 fully saturated rings. The first kappa shape index (κ1) is 34.3. The van der Waals surface area contributed by atoms with Crippen molar-refractivity contribution in [1.82, 2.24) is 10.2 Å². The van der Waals surface area contributed by atoms with Crippen molar-refractivity contribution in [3.63, 3.8) is 0 Å². The summed E-state index contributed by atoms with van der Waals surface area (Å²) in [6.07, 6.45) is 4.26. The fraction of sp³-hybridized carbons (Fsp3) is 0.441. The summed E-state index contributed by atoms with van der Waals surface area (Å²) in [5.41, 5.74) is 2.01. The number of nitro benzene ring substituents is 1. The summed E-state index contributed by atoms with van der Waals surface area (Å²) in [6, 6.07) is 16.4. The van der Waals surface area contributed by atoms with Gasteiger partial charge in [-0.2, -0.15) is 0 Å². The molecule has 3 heterocycles. The number of carbonyl (C=O) groups excluding carboxylic acids is 3. The highest BCUT2D eigenvalue weighted by Gasteiger charge is 2.41. The number of esters is 3. The summed E-state index contributed by atoms with van der Waals surface area (Å²) < 4.78 is 15.4. The molecule has 0 radical (unpaired) electrons. The van der Waals surface area contributed by atoms with E-state index in [1.54, 1.807) is 19.9 Å². The predicted octanol–water partition coefficient (Wildman–Crippen LogP) is 4.11. The number of methoxy groups -OCH3 is 2. The summed E-state index contributed by atoms with van der Waals surface area (Å²) in [5, 5.41) is 23.9. The number of rotatable bonds is 8. The number of piperidine rings is 1. The van der Waals surface area contributed by atoms with E-state index in [1.165, 1.54) is 45.3 Å². The van der Waals surface area contributed by atoms with E-state index < -0.39 is 28.7 Å². The summed E-state index contributed by atoms with van der Waals surface area (Å²) in [6.45, 7) is 3.08. The van der Waals surface area contributed by atoms with Gasteiger partial charge in [-0.15, -0.1) is 0 Å². The fourth-order valence-electron chi connectivity index (χ4n) is 6.67. The van der Waals surface area contributed by atoms with Crippen molar-refractivity contribution < 1.29 is 38.6 Å². The van der Waals surface area contributed by atoms with Crippen LogP contribution in [-0.2, 0) is 28.6 Å². The summed E-state index contributed by atoms with van der Waals surface area (Å²) >= 11 is 0. The monoisotopic (exact) mass is 635 g/mol. The molecule has 12 heteroatoms. The van der Waals surface area contributed by atoms with Gasteiger partial charge in [0.05, 0.1) is 42.8 Å². The van der Waals surface area contributed by atoms with Crippen molar-refractivity contribution in [2.24, 2.45) is 0 Å². The van der Waals surface area contributed by atoms with Gasteiger partial charge in [-0.05, 0) is 52.1 Å². The molecule has 0 saturated carbocycles. The SMILES string of the molecule is CN1[C@@H]2CC[C@H]1CC(OC(=O)[C@H](CO)c1ccccc1)C2.COC(=O)C1=C(C)NC(C)=C(C(=O)OC)C1c1ccccc1[N+](=O)[O-]. The lowest BCUT2D eigenvalue weighted by atomic mass is 9.79. The van der Waals surface area contributed by atoms with E-state index in [4.69, 9.17) is 14.2 Å². The van der Waals surface area contributed by atoms with Crippen LogP contribution < -0.4 is 5.32 Å². The lowest BCUT2D eigenvalue weighted by molar-refractivity contribution is -0.385. The Labute approximate surface area is 268 Å². The van der Waals surface area contributed by atoms with Gasteiger partial charge in [-0.25, -0.2) is 9.59 Å². The number of aliphatic hydroxyl groups is 1. The molecule has 3 aliphatic heterocycles. The summed E-state index contributed by atoms with van der Waals surface area (Å²) in [5.74, 6) is -3.19. The second kappa shape index (κ2) is 15.2. The normalized spacial score (nSPS) is 21.8. The van der Waals surface area contributed by atoms with Crippen LogP contribution in [0.4, 0.5) is 5.69 Å². The highest BCUT2D eigenvalue weighted by atomic mass is 16.6. The molecule has 3 aliphatic rings. The number of nitrogens with one attached hydrogen (secondary N) is 1. The molecule has 12 nitrogen and oxygen atoms in total. The average Bonchev–Trinajstić information content (AvgIpc) is 3.24. The second-order valence-electron chi connectivity index (χ2n) is 11.7. The van der Waals surface area contributed by atoms with Crippen LogP contribution in [0.1, 0.15) is 62.5 Å². The third-order valence-corrected chi connectivity index (χ3v) is 9.02. The second-order valence-corrected chi connectivity index (χ2v) is 11.7.